The van der Waals surface area contributed by atoms with Crippen LogP contribution in [0.3, 0.4) is 0 Å². The number of hydrogen-bond acceptors (Lipinski definition) is 6. The Balaban J connectivity index is 1.53. The fourth-order valence-electron chi connectivity index (χ4n) is 4.50. The first-order chi connectivity index (χ1) is 14.8. The molecule has 1 saturated heterocycles. The lowest BCUT2D eigenvalue weighted by Crippen LogP contribution is -2.53. The van der Waals surface area contributed by atoms with Gasteiger partial charge in [0.15, 0.2) is 11.5 Å². The molecule has 0 unspecified atom stereocenters. The second kappa shape index (κ2) is 8.68. The number of sulfonamides is 1. The third kappa shape index (κ3) is 4.66. The Labute approximate surface area is 184 Å². The number of ether oxygens (including phenoxy) is 3. The third-order valence-electron chi connectivity index (χ3n) is 6.23. The lowest BCUT2D eigenvalue weighted by molar-refractivity contribution is -0.00758. The molecular weight excluding hydrogens is 416 g/mol. The van der Waals surface area contributed by atoms with Crippen LogP contribution in [0.2, 0.25) is 0 Å². The van der Waals surface area contributed by atoms with Gasteiger partial charge in [0.2, 0.25) is 10.0 Å². The van der Waals surface area contributed by atoms with Crippen molar-refractivity contribution in [2.24, 2.45) is 0 Å². The fourth-order valence-corrected chi connectivity index (χ4v) is 5.34. The van der Waals surface area contributed by atoms with Crippen LogP contribution >= 0.6 is 0 Å². The molecule has 8 heteroatoms. The first-order valence-corrected chi connectivity index (χ1v) is 12.3. The van der Waals surface area contributed by atoms with Crippen molar-refractivity contribution in [2.75, 3.05) is 40.1 Å². The second-order valence-corrected chi connectivity index (χ2v) is 10.3. The Morgan fingerprint density at radius 2 is 1.77 bits per heavy atom. The van der Waals surface area contributed by atoms with E-state index < -0.39 is 15.6 Å². The van der Waals surface area contributed by atoms with E-state index in [0.717, 1.165) is 60.9 Å². The summed E-state index contributed by atoms with van der Waals surface area (Å²) in [4.78, 5) is 2.35. The summed E-state index contributed by atoms with van der Waals surface area (Å²) >= 11 is 0. The Morgan fingerprint density at radius 3 is 2.45 bits per heavy atom. The van der Waals surface area contributed by atoms with Crippen LogP contribution < -0.4 is 14.2 Å². The number of piperidine rings is 1. The topological polar surface area (TPSA) is 68.3 Å². The van der Waals surface area contributed by atoms with E-state index in [1.54, 1.807) is 18.5 Å². The Hall–Kier alpha value is -2.29. The molecule has 1 spiro atoms. The highest BCUT2D eigenvalue weighted by molar-refractivity contribution is 7.88. The van der Waals surface area contributed by atoms with Crippen molar-refractivity contribution in [1.82, 2.24) is 9.21 Å². The lowest BCUT2D eigenvalue weighted by Gasteiger charge is -2.42. The van der Waals surface area contributed by atoms with Gasteiger partial charge < -0.3 is 14.2 Å². The molecule has 168 valence electrons. The van der Waals surface area contributed by atoms with E-state index in [0.29, 0.717) is 13.1 Å². The molecule has 0 saturated carbocycles. The fraction of sp³-hybridized carbons (Fsp3) is 0.478. The minimum atomic E-state index is -3.34. The normalized spacial score (nSPS) is 19.3. The molecular formula is C23H30N2O5S. The zero-order valence-corrected chi connectivity index (χ0v) is 19.2. The first-order valence-electron chi connectivity index (χ1n) is 10.5. The molecule has 2 aliphatic rings. The molecule has 2 aliphatic heterocycles. The number of nitrogens with zero attached hydrogens (tertiary/aromatic N) is 2. The van der Waals surface area contributed by atoms with Crippen LogP contribution in [-0.4, -0.2) is 63.3 Å². The van der Waals surface area contributed by atoms with Gasteiger partial charge in [0, 0.05) is 50.1 Å². The highest BCUT2D eigenvalue weighted by Crippen LogP contribution is 2.37. The minimum absolute atomic E-state index is 0.349. The molecule has 0 aliphatic carbocycles. The maximum atomic E-state index is 12.4. The molecule has 0 N–H and O–H groups in total. The van der Waals surface area contributed by atoms with Gasteiger partial charge in [-0.25, -0.2) is 8.42 Å². The number of hydrogen-bond donors (Lipinski definition) is 0. The summed E-state index contributed by atoms with van der Waals surface area (Å²) in [6.07, 6.45) is 2.78. The molecule has 2 aromatic rings. The average molecular weight is 447 g/mol. The number of likely N-dealkylation sites (tertiary alicyclic amines) is 1. The van der Waals surface area contributed by atoms with Crippen molar-refractivity contribution in [2.45, 2.75) is 31.5 Å². The van der Waals surface area contributed by atoms with Crippen molar-refractivity contribution >= 4 is 10.0 Å². The molecule has 1 fully saturated rings. The van der Waals surface area contributed by atoms with E-state index >= 15 is 0 Å². The number of para-hydroxylation sites is 2. The van der Waals surface area contributed by atoms with Gasteiger partial charge in [-0.05, 0) is 12.1 Å². The van der Waals surface area contributed by atoms with Crippen molar-refractivity contribution in [3.63, 3.8) is 0 Å². The Bertz CT molecular complexity index is 1030. The molecule has 31 heavy (non-hydrogen) atoms. The summed E-state index contributed by atoms with van der Waals surface area (Å²) in [5.41, 5.74) is 1.46. The molecule has 0 radical (unpaired) electrons. The van der Waals surface area contributed by atoms with Crippen molar-refractivity contribution < 1.29 is 22.6 Å². The van der Waals surface area contributed by atoms with Gasteiger partial charge in [-0.1, -0.05) is 30.3 Å². The molecule has 2 aromatic carbocycles. The molecule has 0 atom stereocenters. The number of benzene rings is 2. The smallest absolute Gasteiger partial charge is 0.211 e. The lowest BCUT2D eigenvalue weighted by atomic mass is 9.90. The predicted octanol–water partition coefficient (Wildman–Crippen LogP) is 2.89. The maximum absolute atomic E-state index is 12.4. The van der Waals surface area contributed by atoms with Gasteiger partial charge in [-0.2, -0.15) is 4.31 Å². The third-order valence-corrected chi connectivity index (χ3v) is 7.42. The van der Waals surface area contributed by atoms with E-state index in [1.165, 1.54) is 6.26 Å². The SMILES string of the molecule is COc1cccc(CN2CCC3(CC2)CN(S(C)(=O)=O)Cc2ccccc2O3)c1OC. The summed E-state index contributed by atoms with van der Waals surface area (Å²) in [6, 6.07) is 13.7. The second-order valence-electron chi connectivity index (χ2n) is 8.35. The van der Waals surface area contributed by atoms with Crippen molar-refractivity contribution in [1.29, 1.82) is 0 Å². The predicted molar refractivity (Wildman–Crippen MR) is 119 cm³/mol. The molecule has 0 bridgehead atoms. The first kappa shape index (κ1) is 21.9. The Morgan fingerprint density at radius 1 is 1.03 bits per heavy atom. The van der Waals surface area contributed by atoms with Crippen molar-refractivity contribution in [3.05, 3.63) is 53.6 Å². The van der Waals surface area contributed by atoms with Crippen LogP contribution in [-0.2, 0) is 23.1 Å². The number of fused-ring (bicyclic) bond motifs is 1. The average Bonchev–Trinajstić information content (AvgIpc) is 2.92. The van der Waals surface area contributed by atoms with Gasteiger partial charge in [0.05, 0.1) is 27.0 Å². The van der Waals surface area contributed by atoms with Gasteiger partial charge in [-0.3, -0.25) is 4.90 Å². The molecule has 7 nitrogen and oxygen atoms in total. The van der Waals surface area contributed by atoms with Gasteiger partial charge in [-0.15, -0.1) is 0 Å². The van der Waals surface area contributed by atoms with E-state index in [4.69, 9.17) is 14.2 Å². The summed E-state index contributed by atoms with van der Waals surface area (Å²) in [7, 11) is -0.0409. The summed E-state index contributed by atoms with van der Waals surface area (Å²) in [5.74, 6) is 2.27. The molecule has 4 rings (SSSR count). The van der Waals surface area contributed by atoms with Crippen LogP contribution in [0.4, 0.5) is 0 Å². The van der Waals surface area contributed by atoms with Crippen LogP contribution in [0.25, 0.3) is 0 Å². The zero-order chi connectivity index (χ0) is 22.1. The minimum Gasteiger partial charge on any atom is -0.493 e. The highest BCUT2D eigenvalue weighted by atomic mass is 32.2. The standard InChI is InChI=1S/C23H30N2O5S/c1-28-21-10-6-8-19(22(21)29-2)15-24-13-11-23(12-14-24)17-25(31(3,26)27)16-18-7-4-5-9-20(18)30-23/h4-10H,11-17H2,1-3H3. The van der Waals surface area contributed by atoms with E-state index in [9.17, 15) is 8.42 Å². The summed E-state index contributed by atoms with van der Waals surface area (Å²) < 4.78 is 44.0. The van der Waals surface area contributed by atoms with E-state index in [-0.39, 0.29) is 0 Å². The monoisotopic (exact) mass is 446 g/mol. The molecule has 2 heterocycles. The molecule has 0 amide bonds. The summed E-state index contributed by atoms with van der Waals surface area (Å²) in [6.45, 7) is 3.07. The van der Waals surface area contributed by atoms with Crippen molar-refractivity contribution in [3.8, 4) is 17.2 Å². The molecule has 0 aromatic heterocycles. The van der Waals surface area contributed by atoms with Crippen LogP contribution in [0, 0.1) is 0 Å². The van der Waals surface area contributed by atoms with Gasteiger partial charge in [0.1, 0.15) is 11.4 Å². The number of methoxy groups -OCH3 is 2. The largest absolute Gasteiger partial charge is 0.493 e. The zero-order valence-electron chi connectivity index (χ0n) is 18.3. The maximum Gasteiger partial charge on any atom is 0.211 e. The van der Waals surface area contributed by atoms with Gasteiger partial charge in [0.25, 0.3) is 0 Å². The highest BCUT2D eigenvalue weighted by Gasteiger charge is 2.42. The quantitative estimate of drug-likeness (QED) is 0.704. The van der Waals surface area contributed by atoms with Gasteiger partial charge >= 0.3 is 0 Å². The van der Waals surface area contributed by atoms with Crippen LogP contribution in [0.5, 0.6) is 17.2 Å². The number of rotatable bonds is 5. The Kier molecular flexibility index (Phi) is 6.14. The summed E-state index contributed by atoms with van der Waals surface area (Å²) in [5, 5.41) is 0. The van der Waals surface area contributed by atoms with E-state index in [2.05, 4.69) is 11.0 Å². The van der Waals surface area contributed by atoms with Crippen LogP contribution in [0.1, 0.15) is 24.0 Å². The van der Waals surface area contributed by atoms with Crippen LogP contribution in [0.15, 0.2) is 42.5 Å². The van der Waals surface area contributed by atoms with E-state index in [1.807, 2.05) is 36.4 Å².